The summed E-state index contributed by atoms with van der Waals surface area (Å²) in [6, 6.07) is 20.7. The van der Waals surface area contributed by atoms with Gasteiger partial charge >= 0.3 is 0 Å². The van der Waals surface area contributed by atoms with E-state index in [1.165, 1.54) is 5.56 Å². The maximum atomic E-state index is 6.00. The van der Waals surface area contributed by atoms with E-state index < -0.39 is 0 Å². The standard InChI is InChI=1S/C17H19NO/c1-3-7-15(8-4-1)13-18-12-11-17(14-18)19-16-9-5-2-6-10-16/h1-10,17H,11-14H2/t17-/m1/s1. The normalized spacial score (nSPS) is 19.5. The third-order valence-electron chi connectivity index (χ3n) is 3.52. The molecule has 1 atom stereocenters. The van der Waals surface area contributed by atoms with Gasteiger partial charge in [-0.1, -0.05) is 48.5 Å². The fourth-order valence-electron chi connectivity index (χ4n) is 2.57. The van der Waals surface area contributed by atoms with Crippen LogP contribution < -0.4 is 4.74 Å². The molecule has 1 saturated heterocycles. The molecule has 2 nitrogen and oxygen atoms in total. The lowest BCUT2D eigenvalue weighted by Gasteiger charge is -2.17. The maximum absolute atomic E-state index is 6.00. The van der Waals surface area contributed by atoms with Gasteiger partial charge in [0.25, 0.3) is 0 Å². The van der Waals surface area contributed by atoms with Crippen LogP contribution in [0.2, 0.25) is 0 Å². The van der Waals surface area contributed by atoms with E-state index in [0.29, 0.717) is 6.10 Å². The Hall–Kier alpha value is -1.80. The molecule has 0 saturated carbocycles. The van der Waals surface area contributed by atoms with E-state index in [4.69, 9.17) is 4.74 Å². The predicted octanol–water partition coefficient (Wildman–Crippen LogP) is 3.34. The average molecular weight is 253 g/mol. The lowest BCUT2D eigenvalue weighted by Crippen LogP contribution is -2.24. The van der Waals surface area contributed by atoms with Gasteiger partial charge in [0.15, 0.2) is 0 Å². The van der Waals surface area contributed by atoms with E-state index >= 15 is 0 Å². The Balaban J connectivity index is 1.53. The molecule has 2 aromatic rings. The van der Waals surface area contributed by atoms with E-state index in [-0.39, 0.29) is 0 Å². The van der Waals surface area contributed by atoms with Gasteiger partial charge in [-0.05, 0) is 24.1 Å². The molecule has 1 aliphatic heterocycles. The van der Waals surface area contributed by atoms with Crippen LogP contribution in [0.5, 0.6) is 5.75 Å². The van der Waals surface area contributed by atoms with Gasteiger partial charge in [-0.3, -0.25) is 4.90 Å². The Morgan fingerprint density at radius 2 is 1.63 bits per heavy atom. The minimum Gasteiger partial charge on any atom is -0.489 e. The van der Waals surface area contributed by atoms with Crippen molar-refractivity contribution in [3.05, 3.63) is 66.2 Å². The summed E-state index contributed by atoms with van der Waals surface area (Å²) in [7, 11) is 0. The molecule has 0 N–H and O–H groups in total. The lowest BCUT2D eigenvalue weighted by molar-refractivity contribution is 0.198. The summed E-state index contributed by atoms with van der Waals surface area (Å²) in [5.41, 5.74) is 1.38. The molecule has 2 aromatic carbocycles. The average Bonchev–Trinajstić information content (AvgIpc) is 2.88. The number of rotatable bonds is 4. The summed E-state index contributed by atoms with van der Waals surface area (Å²) in [4.78, 5) is 2.46. The van der Waals surface area contributed by atoms with Gasteiger partial charge in [0.05, 0.1) is 0 Å². The summed E-state index contributed by atoms with van der Waals surface area (Å²) < 4.78 is 6.00. The van der Waals surface area contributed by atoms with E-state index in [9.17, 15) is 0 Å². The molecule has 0 bridgehead atoms. The van der Waals surface area contributed by atoms with Gasteiger partial charge < -0.3 is 4.74 Å². The van der Waals surface area contributed by atoms with Crippen molar-refractivity contribution < 1.29 is 4.74 Å². The van der Waals surface area contributed by atoms with Crippen molar-refractivity contribution in [3.8, 4) is 5.75 Å². The highest BCUT2D eigenvalue weighted by atomic mass is 16.5. The number of nitrogens with zero attached hydrogens (tertiary/aromatic N) is 1. The molecule has 19 heavy (non-hydrogen) atoms. The summed E-state index contributed by atoms with van der Waals surface area (Å²) >= 11 is 0. The van der Waals surface area contributed by atoms with Crippen LogP contribution in [-0.4, -0.2) is 24.1 Å². The van der Waals surface area contributed by atoms with Crippen molar-refractivity contribution in [2.75, 3.05) is 13.1 Å². The minimum absolute atomic E-state index is 0.325. The molecule has 0 spiro atoms. The highest BCUT2D eigenvalue weighted by molar-refractivity contribution is 5.21. The molecule has 0 radical (unpaired) electrons. The monoisotopic (exact) mass is 253 g/mol. The Kier molecular flexibility index (Phi) is 3.80. The lowest BCUT2D eigenvalue weighted by atomic mass is 10.2. The number of likely N-dealkylation sites (tertiary alicyclic amines) is 1. The highest BCUT2D eigenvalue weighted by Gasteiger charge is 2.23. The molecule has 3 rings (SSSR count). The van der Waals surface area contributed by atoms with Gasteiger partial charge in [0.2, 0.25) is 0 Å². The van der Waals surface area contributed by atoms with Crippen molar-refractivity contribution in [2.45, 2.75) is 19.1 Å². The topological polar surface area (TPSA) is 12.5 Å². The van der Waals surface area contributed by atoms with Crippen LogP contribution in [0.1, 0.15) is 12.0 Å². The van der Waals surface area contributed by atoms with E-state index in [1.54, 1.807) is 0 Å². The third-order valence-corrected chi connectivity index (χ3v) is 3.52. The largest absolute Gasteiger partial charge is 0.489 e. The highest BCUT2D eigenvalue weighted by Crippen LogP contribution is 2.19. The Morgan fingerprint density at radius 1 is 0.947 bits per heavy atom. The van der Waals surface area contributed by atoms with Crippen molar-refractivity contribution in [2.24, 2.45) is 0 Å². The molecule has 98 valence electrons. The van der Waals surface area contributed by atoms with Gasteiger partial charge in [-0.15, -0.1) is 0 Å². The van der Waals surface area contributed by atoms with Crippen LogP contribution >= 0.6 is 0 Å². The van der Waals surface area contributed by atoms with Crippen molar-refractivity contribution in [1.29, 1.82) is 0 Å². The van der Waals surface area contributed by atoms with Crippen LogP contribution in [0.15, 0.2) is 60.7 Å². The van der Waals surface area contributed by atoms with Crippen LogP contribution in [0.3, 0.4) is 0 Å². The summed E-state index contributed by atoms with van der Waals surface area (Å²) in [6.45, 7) is 3.16. The fraction of sp³-hybridized carbons (Fsp3) is 0.294. The zero-order valence-corrected chi connectivity index (χ0v) is 11.0. The van der Waals surface area contributed by atoms with E-state index in [0.717, 1.165) is 31.8 Å². The predicted molar refractivity (Wildman–Crippen MR) is 77.2 cm³/mol. The number of para-hydroxylation sites is 1. The molecule has 0 aliphatic carbocycles. The molecule has 2 heteroatoms. The quantitative estimate of drug-likeness (QED) is 0.828. The molecule has 1 heterocycles. The molecule has 0 unspecified atom stereocenters. The van der Waals surface area contributed by atoms with Crippen LogP contribution in [0.25, 0.3) is 0 Å². The van der Waals surface area contributed by atoms with Crippen LogP contribution in [0, 0.1) is 0 Å². The van der Waals surface area contributed by atoms with Crippen molar-refractivity contribution >= 4 is 0 Å². The Bertz CT molecular complexity index is 450. The first-order chi connectivity index (χ1) is 9.40. The molecule has 1 fully saturated rings. The number of ether oxygens (including phenoxy) is 1. The van der Waals surface area contributed by atoms with Crippen LogP contribution in [0.4, 0.5) is 0 Å². The SMILES string of the molecule is c1ccc(CN2CC[C@@H](Oc3ccccc3)C2)cc1. The summed E-state index contributed by atoms with van der Waals surface area (Å²) in [5.74, 6) is 0.981. The number of hydrogen-bond acceptors (Lipinski definition) is 2. The third kappa shape index (κ3) is 3.36. The Morgan fingerprint density at radius 3 is 2.37 bits per heavy atom. The molecule has 0 amide bonds. The summed E-state index contributed by atoms with van der Waals surface area (Å²) in [6.07, 6.45) is 1.44. The van der Waals surface area contributed by atoms with Gasteiger partial charge in [0, 0.05) is 19.6 Å². The van der Waals surface area contributed by atoms with E-state index in [1.807, 2.05) is 30.3 Å². The molecule has 1 aliphatic rings. The number of hydrogen-bond donors (Lipinski definition) is 0. The summed E-state index contributed by atoms with van der Waals surface area (Å²) in [5, 5.41) is 0. The first-order valence-corrected chi connectivity index (χ1v) is 6.88. The second-order valence-corrected chi connectivity index (χ2v) is 5.06. The molecular weight excluding hydrogens is 234 g/mol. The first kappa shape index (κ1) is 12.2. The smallest absolute Gasteiger partial charge is 0.119 e. The number of benzene rings is 2. The van der Waals surface area contributed by atoms with E-state index in [2.05, 4.69) is 35.2 Å². The minimum atomic E-state index is 0.325. The second kappa shape index (κ2) is 5.89. The molecule has 0 aromatic heterocycles. The maximum Gasteiger partial charge on any atom is 0.119 e. The molecular formula is C17H19NO. The zero-order valence-electron chi connectivity index (χ0n) is 11.0. The Labute approximate surface area is 114 Å². The van der Waals surface area contributed by atoms with Gasteiger partial charge in [-0.25, -0.2) is 0 Å². The zero-order chi connectivity index (χ0) is 12.9. The van der Waals surface area contributed by atoms with Crippen molar-refractivity contribution in [3.63, 3.8) is 0 Å². The first-order valence-electron chi connectivity index (χ1n) is 6.88. The second-order valence-electron chi connectivity index (χ2n) is 5.06. The van der Waals surface area contributed by atoms with Crippen LogP contribution in [-0.2, 0) is 6.54 Å². The van der Waals surface area contributed by atoms with Gasteiger partial charge in [-0.2, -0.15) is 0 Å². The van der Waals surface area contributed by atoms with Gasteiger partial charge in [0.1, 0.15) is 11.9 Å². The fourth-order valence-corrected chi connectivity index (χ4v) is 2.57. The van der Waals surface area contributed by atoms with Crippen molar-refractivity contribution in [1.82, 2.24) is 4.90 Å².